The van der Waals surface area contributed by atoms with Crippen molar-refractivity contribution in [3.8, 4) is 0 Å². The smallest absolute Gasteiger partial charge is 0.334 e. The van der Waals surface area contributed by atoms with Gasteiger partial charge in [0.25, 0.3) is 0 Å². The van der Waals surface area contributed by atoms with Gasteiger partial charge in [0.1, 0.15) is 0 Å². The molecule has 0 aliphatic carbocycles. The third-order valence-electron chi connectivity index (χ3n) is 3.15. The fraction of sp³-hybridized carbons (Fsp3) is 0.750. The lowest BCUT2D eigenvalue weighted by Gasteiger charge is -2.40. The summed E-state index contributed by atoms with van der Waals surface area (Å²) in [7, 11) is 0. The first-order valence-corrected chi connectivity index (χ1v) is 5.75. The number of halogens is 1. The van der Waals surface area contributed by atoms with E-state index in [1.807, 2.05) is 6.92 Å². The van der Waals surface area contributed by atoms with Crippen LogP contribution in [0.5, 0.6) is 0 Å². The maximum Gasteiger partial charge on any atom is 0.334 e. The Morgan fingerprint density at radius 3 is 2.19 bits per heavy atom. The third-order valence-corrected chi connectivity index (χ3v) is 3.15. The molecule has 0 bridgehead atoms. The van der Waals surface area contributed by atoms with Crippen LogP contribution in [0.15, 0.2) is 12.7 Å². The highest BCUT2D eigenvalue weighted by Crippen LogP contribution is 2.15. The summed E-state index contributed by atoms with van der Waals surface area (Å²) in [5, 5.41) is 0. The summed E-state index contributed by atoms with van der Waals surface area (Å²) in [5.74, 6) is -0.331. The lowest BCUT2D eigenvalue weighted by molar-refractivity contribution is -0.964. The highest BCUT2D eigenvalue weighted by Gasteiger charge is 2.31. The van der Waals surface area contributed by atoms with Crippen LogP contribution in [0.2, 0.25) is 0 Å². The first-order valence-electron chi connectivity index (χ1n) is 5.75. The van der Waals surface area contributed by atoms with Gasteiger partial charge in [-0.25, -0.2) is 4.79 Å². The maximum atomic E-state index is 11.2. The highest BCUT2D eigenvalue weighted by atomic mass is 79.9. The van der Waals surface area contributed by atoms with Gasteiger partial charge >= 0.3 is 5.97 Å². The van der Waals surface area contributed by atoms with Gasteiger partial charge in [-0.1, -0.05) is 13.5 Å². The number of hydrogen-bond donors (Lipinski definition) is 0. The zero-order valence-electron chi connectivity index (χ0n) is 10.8. The molecule has 0 saturated carbocycles. The lowest BCUT2D eigenvalue weighted by atomic mass is 10.2. The number of quaternary nitrogens is 1. The van der Waals surface area contributed by atoms with E-state index in [0.29, 0.717) is 0 Å². The molecule has 0 aromatic rings. The van der Waals surface area contributed by atoms with Crippen molar-refractivity contribution in [2.75, 3.05) is 19.6 Å². The van der Waals surface area contributed by atoms with Crippen LogP contribution in [0.25, 0.3) is 0 Å². The molecule has 0 amide bonds. The van der Waals surface area contributed by atoms with Crippen LogP contribution < -0.4 is 17.0 Å². The van der Waals surface area contributed by atoms with Gasteiger partial charge in [0, 0.05) is 13.0 Å². The molecule has 0 spiro atoms. The number of esters is 1. The van der Waals surface area contributed by atoms with Crippen LogP contribution in [-0.2, 0) is 9.53 Å². The molecule has 0 saturated heterocycles. The number of nitrogens with zero attached hydrogens (tertiary/aromatic N) is 1. The van der Waals surface area contributed by atoms with Crippen LogP contribution in [0.1, 0.15) is 34.1 Å². The largest absolute Gasteiger partial charge is 1.00 e. The minimum atomic E-state index is -0.331. The average Bonchev–Trinajstić information content (AvgIpc) is 2.25. The summed E-state index contributed by atoms with van der Waals surface area (Å²) >= 11 is 0. The van der Waals surface area contributed by atoms with E-state index in [1.54, 1.807) is 0 Å². The van der Waals surface area contributed by atoms with Gasteiger partial charge in [-0.3, -0.25) is 4.48 Å². The zero-order chi connectivity index (χ0) is 11.9. The number of ether oxygens (including phenoxy) is 1. The number of carbonyl (C=O) groups is 1. The molecule has 0 aromatic carbocycles. The predicted octanol–water partition coefficient (Wildman–Crippen LogP) is -0.668. The fourth-order valence-electron chi connectivity index (χ4n) is 2.01. The van der Waals surface area contributed by atoms with Crippen molar-refractivity contribution in [3.63, 3.8) is 0 Å². The Bertz CT molecular complexity index is 215. The van der Waals surface area contributed by atoms with Crippen molar-refractivity contribution >= 4 is 5.97 Å². The number of hydrogen-bond acceptors (Lipinski definition) is 2. The quantitative estimate of drug-likeness (QED) is 0.269. The Morgan fingerprint density at radius 1 is 1.38 bits per heavy atom. The number of rotatable bonds is 7. The van der Waals surface area contributed by atoms with E-state index in [0.717, 1.165) is 30.5 Å². The minimum absolute atomic E-state index is 0. The molecule has 0 radical (unpaired) electrons. The second kappa shape index (κ2) is 8.76. The van der Waals surface area contributed by atoms with E-state index in [1.165, 1.54) is 6.08 Å². The first-order chi connectivity index (χ1) is 7.06. The molecular formula is C12H24BrNO2. The number of carbonyl (C=O) groups excluding carboxylic acids is 1. The molecule has 0 rings (SSSR count). The van der Waals surface area contributed by atoms with E-state index in [9.17, 15) is 4.79 Å². The third kappa shape index (κ3) is 4.66. The minimum Gasteiger partial charge on any atom is -1.00 e. The molecular weight excluding hydrogens is 270 g/mol. The molecule has 3 nitrogen and oxygen atoms in total. The Balaban J connectivity index is 0. The normalized spacial score (nSPS) is 12.5. The second-order valence-electron chi connectivity index (χ2n) is 3.81. The van der Waals surface area contributed by atoms with E-state index < -0.39 is 0 Å². The van der Waals surface area contributed by atoms with E-state index in [2.05, 4.69) is 27.4 Å². The fourth-order valence-corrected chi connectivity index (χ4v) is 2.01. The van der Waals surface area contributed by atoms with Crippen molar-refractivity contribution in [3.05, 3.63) is 12.7 Å². The predicted molar refractivity (Wildman–Crippen MR) is 62.3 cm³/mol. The van der Waals surface area contributed by atoms with Crippen molar-refractivity contribution in [1.29, 1.82) is 0 Å². The van der Waals surface area contributed by atoms with Gasteiger partial charge in [0.2, 0.25) is 6.23 Å². The molecule has 0 aliphatic rings. The molecule has 4 heteroatoms. The van der Waals surface area contributed by atoms with E-state index >= 15 is 0 Å². The molecule has 0 fully saturated rings. The Labute approximate surface area is 110 Å². The summed E-state index contributed by atoms with van der Waals surface area (Å²) in [5.41, 5.74) is 0. The maximum absolute atomic E-state index is 11.2. The summed E-state index contributed by atoms with van der Waals surface area (Å²) in [6.45, 7) is 14.8. The summed E-state index contributed by atoms with van der Waals surface area (Å²) in [6, 6.07) is 0. The van der Waals surface area contributed by atoms with Crippen LogP contribution >= 0.6 is 0 Å². The van der Waals surface area contributed by atoms with Crippen molar-refractivity contribution in [1.82, 2.24) is 0 Å². The second-order valence-corrected chi connectivity index (χ2v) is 3.81. The Morgan fingerprint density at radius 2 is 1.88 bits per heavy atom. The molecule has 0 aliphatic heterocycles. The van der Waals surface area contributed by atoms with Gasteiger partial charge in [0.05, 0.1) is 19.6 Å². The average molecular weight is 294 g/mol. The van der Waals surface area contributed by atoms with Crippen molar-refractivity contribution in [2.45, 2.75) is 40.3 Å². The van der Waals surface area contributed by atoms with Crippen LogP contribution in [0.4, 0.5) is 0 Å². The van der Waals surface area contributed by atoms with E-state index in [-0.39, 0.29) is 29.2 Å². The SMILES string of the molecule is C=CC(=O)OC(C)[N+](CC)(CC)CCC.[Br-]. The van der Waals surface area contributed by atoms with Crippen molar-refractivity contribution < 1.29 is 31.0 Å². The Kier molecular flexibility index (Phi) is 9.87. The molecule has 96 valence electrons. The Hall–Kier alpha value is -0.350. The lowest BCUT2D eigenvalue weighted by Crippen LogP contribution is -3.00. The highest BCUT2D eigenvalue weighted by molar-refractivity contribution is 5.81. The molecule has 1 unspecified atom stereocenters. The van der Waals surface area contributed by atoms with Gasteiger partial charge in [-0.2, -0.15) is 0 Å². The van der Waals surface area contributed by atoms with Crippen LogP contribution in [0, 0.1) is 0 Å². The molecule has 0 N–H and O–H groups in total. The van der Waals surface area contributed by atoms with Crippen molar-refractivity contribution in [2.24, 2.45) is 0 Å². The summed E-state index contributed by atoms with van der Waals surface area (Å²) < 4.78 is 6.14. The van der Waals surface area contributed by atoms with Gasteiger partial charge in [-0.15, -0.1) is 0 Å². The molecule has 16 heavy (non-hydrogen) atoms. The van der Waals surface area contributed by atoms with Crippen LogP contribution in [0.3, 0.4) is 0 Å². The molecule has 1 atom stereocenters. The summed E-state index contributed by atoms with van der Waals surface area (Å²) in [4.78, 5) is 11.2. The van der Waals surface area contributed by atoms with E-state index in [4.69, 9.17) is 4.74 Å². The van der Waals surface area contributed by atoms with Gasteiger partial charge in [0.15, 0.2) is 0 Å². The molecule has 0 heterocycles. The summed E-state index contributed by atoms with van der Waals surface area (Å²) in [6.07, 6.45) is 2.23. The standard InChI is InChI=1S/C12H24NO2.BrH/c1-6-10-13(8-3,9-4)11(5)15-12(14)7-2;/h7,11H,2,6,8-10H2,1,3-5H3;1H/q+1;/p-1. The molecule has 0 aromatic heterocycles. The topological polar surface area (TPSA) is 26.3 Å². The first kappa shape index (κ1) is 18.0. The zero-order valence-corrected chi connectivity index (χ0v) is 12.4. The van der Waals surface area contributed by atoms with Gasteiger partial charge in [-0.05, 0) is 20.3 Å². The van der Waals surface area contributed by atoms with Gasteiger partial charge < -0.3 is 21.7 Å². The van der Waals surface area contributed by atoms with Crippen LogP contribution in [-0.4, -0.2) is 36.3 Å². The monoisotopic (exact) mass is 293 g/mol.